The maximum absolute atomic E-state index is 11.8. The highest BCUT2D eigenvalue weighted by atomic mass is 127. The molecule has 0 aliphatic rings. The van der Waals surface area contributed by atoms with E-state index in [1.807, 2.05) is 26.0 Å². The van der Waals surface area contributed by atoms with E-state index in [1.165, 1.54) is 28.3 Å². The summed E-state index contributed by atoms with van der Waals surface area (Å²) >= 11 is 0. The van der Waals surface area contributed by atoms with Gasteiger partial charge in [0.1, 0.15) is 0 Å². The van der Waals surface area contributed by atoms with Crippen LogP contribution in [0.5, 0.6) is 0 Å². The third-order valence-electron chi connectivity index (χ3n) is 5.01. The number of aromatic nitrogens is 1. The molecular formula is C23H31IN4O2S. The molecule has 168 valence electrons. The maximum Gasteiger partial charge on any atom is 0.191 e. The zero-order chi connectivity index (χ0) is 21.7. The van der Waals surface area contributed by atoms with Crippen LogP contribution in [0.1, 0.15) is 29.2 Å². The molecule has 3 N–H and O–H groups in total. The van der Waals surface area contributed by atoms with E-state index in [1.54, 1.807) is 6.07 Å². The van der Waals surface area contributed by atoms with Crippen molar-refractivity contribution in [2.45, 2.75) is 38.6 Å². The molecule has 31 heavy (non-hydrogen) atoms. The van der Waals surface area contributed by atoms with Gasteiger partial charge in [0.2, 0.25) is 0 Å². The minimum absolute atomic E-state index is 0. The van der Waals surface area contributed by atoms with Crippen LogP contribution in [0.4, 0.5) is 0 Å². The van der Waals surface area contributed by atoms with Crippen molar-refractivity contribution in [1.29, 1.82) is 0 Å². The summed E-state index contributed by atoms with van der Waals surface area (Å²) in [5.41, 5.74) is 5.41. The normalized spacial score (nSPS) is 11.9. The molecule has 3 rings (SSSR count). The summed E-state index contributed by atoms with van der Waals surface area (Å²) in [6.07, 6.45) is 4.19. The zero-order valence-electron chi connectivity index (χ0n) is 18.5. The van der Waals surface area contributed by atoms with E-state index in [2.05, 4.69) is 51.9 Å². The molecule has 0 saturated heterocycles. The van der Waals surface area contributed by atoms with Crippen molar-refractivity contribution in [3.63, 3.8) is 0 Å². The molecule has 3 aromatic rings. The Bertz CT molecular complexity index is 1170. The topological polar surface area (TPSA) is 86.3 Å². The van der Waals surface area contributed by atoms with Crippen LogP contribution in [0.3, 0.4) is 0 Å². The second kappa shape index (κ2) is 11.0. The predicted molar refractivity (Wildman–Crippen MR) is 139 cm³/mol. The summed E-state index contributed by atoms with van der Waals surface area (Å²) in [6.45, 7) is 7.95. The summed E-state index contributed by atoms with van der Waals surface area (Å²) in [7, 11) is -3.20. The van der Waals surface area contributed by atoms with E-state index >= 15 is 0 Å². The number of rotatable bonds is 7. The van der Waals surface area contributed by atoms with E-state index in [-0.39, 0.29) is 24.0 Å². The average Bonchev–Trinajstić information content (AvgIpc) is 3.07. The summed E-state index contributed by atoms with van der Waals surface area (Å²) in [6, 6.07) is 11.8. The van der Waals surface area contributed by atoms with Gasteiger partial charge in [-0.25, -0.2) is 13.4 Å². The van der Waals surface area contributed by atoms with E-state index in [4.69, 9.17) is 0 Å². The van der Waals surface area contributed by atoms with Gasteiger partial charge in [0.25, 0.3) is 0 Å². The summed E-state index contributed by atoms with van der Waals surface area (Å²) in [5.74, 6) is 0.748. The molecule has 8 heteroatoms. The van der Waals surface area contributed by atoms with Crippen molar-refractivity contribution >= 4 is 50.7 Å². The van der Waals surface area contributed by atoms with Crippen LogP contribution in [-0.4, -0.2) is 38.7 Å². The third-order valence-corrected chi connectivity index (χ3v) is 6.27. The molecule has 0 aliphatic heterocycles. The molecule has 0 aliphatic carbocycles. The summed E-state index contributed by atoms with van der Waals surface area (Å²) < 4.78 is 23.6. The Morgan fingerprint density at radius 1 is 1.10 bits per heavy atom. The van der Waals surface area contributed by atoms with Crippen LogP contribution >= 0.6 is 24.0 Å². The molecule has 0 saturated carbocycles. The minimum atomic E-state index is -3.20. The SMILES string of the molecule is CCNC(=NCc1ccc(S(C)(=O)=O)c(C)c1)NCCc1c[nH]c2cc(C)ccc12.I. The Morgan fingerprint density at radius 3 is 2.55 bits per heavy atom. The molecular weight excluding hydrogens is 523 g/mol. The summed E-state index contributed by atoms with van der Waals surface area (Å²) in [4.78, 5) is 8.36. The lowest BCUT2D eigenvalue weighted by Crippen LogP contribution is -2.38. The first-order valence-corrected chi connectivity index (χ1v) is 12.1. The molecule has 0 radical (unpaired) electrons. The van der Waals surface area contributed by atoms with Gasteiger partial charge in [-0.15, -0.1) is 24.0 Å². The fraction of sp³-hybridized carbons (Fsp3) is 0.348. The average molecular weight is 554 g/mol. The lowest BCUT2D eigenvalue weighted by atomic mass is 10.1. The van der Waals surface area contributed by atoms with Gasteiger partial charge in [0.05, 0.1) is 11.4 Å². The number of aromatic amines is 1. The fourth-order valence-electron chi connectivity index (χ4n) is 3.56. The number of fused-ring (bicyclic) bond motifs is 1. The number of aliphatic imine (C=N–C) groups is 1. The van der Waals surface area contributed by atoms with Gasteiger partial charge in [-0.1, -0.05) is 24.3 Å². The molecule has 1 heterocycles. The van der Waals surface area contributed by atoms with Gasteiger partial charge in [0.15, 0.2) is 15.8 Å². The monoisotopic (exact) mass is 554 g/mol. The van der Waals surface area contributed by atoms with Crippen molar-refractivity contribution in [1.82, 2.24) is 15.6 Å². The Kier molecular flexibility index (Phi) is 8.93. The van der Waals surface area contributed by atoms with Crippen molar-refractivity contribution in [2.75, 3.05) is 19.3 Å². The van der Waals surface area contributed by atoms with E-state index in [0.29, 0.717) is 11.4 Å². The number of benzene rings is 2. The van der Waals surface area contributed by atoms with Gasteiger partial charge in [0, 0.05) is 36.4 Å². The Hall–Kier alpha value is -2.07. The second-order valence-electron chi connectivity index (χ2n) is 7.61. The molecule has 0 spiro atoms. The number of nitrogens with one attached hydrogen (secondary N) is 3. The predicted octanol–water partition coefficient (Wildman–Crippen LogP) is 4.10. The lowest BCUT2D eigenvalue weighted by Gasteiger charge is -2.12. The molecule has 0 amide bonds. The van der Waals surface area contributed by atoms with Crippen molar-refractivity contribution in [2.24, 2.45) is 4.99 Å². The number of aryl methyl sites for hydroxylation is 2. The van der Waals surface area contributed by atoms with Gasteiger partial charge >= 0.3 is 0 Å². The first-order valence-electron chi connectivity index (χ1n) is 10.2. The van der Waals surface area contributed by atoms with Crippen LogP contribution in [0.15, 0.2) is 52.5 Å². The van der Waals surface area contributed by atoms with Crippen LogP contribution < -0.4 is 10.6 Å². The number of H-pyrrole nitrogens is 1. The highest BCUT2D eigenvalue weighted by molar-refractivity contribution is 14.0. The van der Waals surface area contributed by atoms with Crippen molar-refractivity contribution in [3.8, 4) is 0 Å². The molecule has 6 nitrogen and oxygen atoms in total. The Morgan fingerprint density at radius 2 is 1.87 bits per heavy atom. The number of hydrogen-bond acceptors (Lipinski definition) is 3. The number of halogens is 1. The lowest BCUT2D eigenvalue weighted by molar-refractivity contribution is 0.601. The van der Waals surface area contributed by atoms with Crippen molar-refractivity contribution in [3.05, 3.63) is 64.8 Å². The van der Waals surface area contributed by atoms with Crippen LogP contribution in [0.25, 0.3) is 10.9 Å². The number of sulfone groups is 1. The maximum atomic E-state index is 11.8. The third kappa shape index (κ3) is 6.70. The fourth-order valence-corrected chi connectivity index (χ4v) is 4.52. The van der Waals surface area contributed by atoms with Gasteiger partial charge in [-0.05, 0) is 61.6 Å². The highest BCUT2D eigenvalue weighted by Gasteiger charge is 2.11. The molecule has 0 atom stereocenters. The van der Waals surface area contributed by atoms with Gasteiger partial charge < -0.3 is 15.6 Å². The Labute approximate surface area is 201 Å². The van der Waals surface area contributed by atoms with Crippen LogP contribution in [0.2, 0.25) is 0 Å². The number of nitrogens with zero attached hydrogens (tertiary/aromatic N) is 1. The molecule has 0 fully saturated rings. The standard InChI is InChI=1S/C23H30N4O2S.HI/c1-5-24-23(27-14-18-7-9-22(17(3)13-18)30(4,28)29)25-11-10-19-15-26-21-12-16(2)6-8-20(19)21;/h6-9,12-13,15,26H,5,10-11,14H2,1-4H3,(H2,24,25,27);1H. The minimum Gasteiger partial charge on any atom is -0.361 e. The first-order chi connectivity index (χ1) is 14.3. The number of hydrogen-bond donors (Lipinski definition) is 3. The van der Waals surface area contributed by atoms with E-state index < -0.39 is 9.84 Å². The molecule has 0 unspecified atom stereocenters. The molecule has 0 bridgehead atoms. The van der Waals surface area contributed by atoms with Gasteiger partial charge in [-0.2, -0.15) is 0 Å². The zero-order valence-corrected chi connectivity index (χ0v) is 21.6. The van der Waals surface area contributed by atoms with Crippen LogP contribution in [0, 0.1) is 13.8 Å². The second-order valence-corrected chi connectivity index (χ2v) is 9.59. The van der Waals surface area contributed by atoms with Crippen molar-refractivity contribution < 1.29 is 8.42 Å². The highest BCUT2D eigenvalue weighted by Crippen LogP contribution is 2.20. The smallest absolute Gasteiger partial charge is 0.191 e. The number of guanidine groups is 1. The largest absolute Gasteiger partial charge is 0.361 e. The molecule has 2 aromatic carbocycles. The summed E-state index contributed by atoms with van der Waals surface area (Å²) in [5, 5.41) is 7.90. The Balaban J connectivity index is 0.00000341. The van der Waals surface area contributed by atoms with E-state index in [0.717, 1.165) is 36.6 Å². The van der Waals surface area contributed by atoms with Gasteiger partial charge in [-0.3, -0.25) is 0 Å². The van der Waals surface area contributed by atoms with Crippen LogP contribution in [-0.2, 0) is 22.8 Å². The van der Waals surface area contributed by atoms with E-state index in [9.17, 15) is 8.42 Å². The molecule has 1 aromatic heterocycles. The first kappa shape index (κ1) is 25.2. The quantitative estimate of drug-likeness (QED) is 0.233.